The quantitative estimate of drug-likeness (QED) is 0.778. The van der Waals surface area contributed by atoms with E-state index in [0.29, 0.717) is 23.3 Å². The topological polar surface area (TPSA) is 63.8 Å². The number of hydrogen-bond donors (Lipinski definition) is 1. The molecule has 0 radical (unpaired) electrons. The molecule has 0 aliphatic heterocycles. The lowest BCUT2D eigenvalue weighted by atomic mass is 9.81. The van der Waals surface area contributed by atoms with Gasteiger partial charge in [0.2, 0.25) is 5.92 Å². The number of alkyl halides is 2. The Morgan fingerprint density at radius 2 is 2.08 bits per heavy atom. The molecule has 24 heavy (non-hydrogen) atoms. The number of benzene rings is 1. The Hall–Kier alpha value is -2.28. The van der Waals surface area contributed by atoms with Crippen LogP contribution in [0.25, 0.3) is 22.3 Å². The summed E-state index contributed by atoms with van der Waals surface area (Å²) < 4.78 is 27.4. The van der Waals surface area contributed by atoms with Gasteiger partial charge in [0.1, 0.15) is 16.3 Å². The number of fused-ring (bicyclic) bond motifs is 1. The molecule has 2 aromatic heterocycles. The second kappa shape index (κ2) is 5.37. The minimum Gasteiger partial charge on any atom is -0.506 e. The van der Waals surface area contributed by atoms with Crippen molar-refractivity contribution in [2.24, 2.45) is 5.92 Å². The van der Waals surface area contributed by atoms with E-state index in [1.165, 1.54) is 6.07 Å². The number of rotatable bonds is 3. The maximum Gasteiger partial charge on any atom is 0.248 e. The first-order chi connectivity index (χ1) is 11.4. The van der Waals surface area contributed by atoms with Gasteiger partial charge in [-0.05, 0) is 18.1 Å². The molecule has 1 aliphatic carbocycles. The van der Waals surface area contributed by atoms with E-state index in [-0.39, 0.29) is 29.5 Å². The molecule has 0 spiro atoms. The van der Waals surface area contributed by atoms with Crippen LogP contribution in [0.5, 0.6) is 5.75 Å². The summed E-state index contributed by atoms with van der Waals surface area (Å²) in [7, 11) is 0. The smallest absolute Gasteiger partial charge is 0.248 e. The Bertz CT molecular complexity index is 920. The van der Waals surface area contributed by atoms with Crippen molar-refractivity contribution in [3.05, 3.63) is 35.7 Å². The third-order valence-electron chi connectivity index (χ3n) is 4.18. The molecule has 1 N–H and O–H groups in total. The van der Waals surface area contributed by atoms with Crippen molar-refractivity contribution in [3.63, 3.8) is 0 Å². The van der Waals surface area contributed by atoms with E-state index < -0.39 is 5.92 Å². The summed E-state index contributed by atoms with van der Waals surface area (Å²) in [5.41, 5.74) is 2.25. The Kier molecular flexibility index (Phi) is 3.42. The molecule has 1 aliphatic rings. The van der Waals surface area contributed by atoms with Gasteiger partial charge in [0.15, 0.2) is 0 Å². The maximum absolute atomic E-state index is 12.9. The molecule has 0 amide bonds. The van der Waals surface area contributed by atoms with E-state index in [9.17, 15) is 13.9 Å². The molecular formula is C16H13ClF2N4O. The molecule has 3 aromatic rings. The second-order valence-corrected chi connectivity index (χ2v) is 6.48. The first kappa shape index (κ1) is 15.3. The Balaban J connectivity index is 1.60. The number of aromatic hydroxyl groups is 1. The molecule has 124 valence electrons. The molecule has 0 saturated heterocycles. The average molecular weight is 351 g/mol. The van der Waals surface area contributed by atoms with Gasteiger partial charge >= 0.3 is 0 Å². The van der Waals surface area contributed by atoms with Crippen LogP contribution < -0.4 is 0 Å². The van der Waals surface area contributed by atoms with E-state index in [4.69, 9.17) is 11.6 Å². The van der Waals surface area contributed by atoms with Gasteiger partial charge < -0.3 is 5.11 Å². The van der Waals surface area contributed by atoms with Gasteiger partial charge in [-0.25, -0.2) is 13.8 Å². The highest BCUT2D eigenvalue weighted by Gasteiger charge is 2.45. The predicted molar refractivity (Wildman–Crippen MR) is 85.1 cm³/mol. The minimum absolute atomic E-state index is 0.0539. The van der Waals surface area contributed by atoms with Crippen LogP contribution in [0.1, 0.15) is 12.8 Å². The lowest BCUT2D eigenvalue weighted by molar-refractivity contribution is -0.114. The van der Waals surface area contributed by atoms with Gasteiger partial charge in [-0.15, -0.1) is 0 Å². The minimum atomic E-state index is -2.52. The zero-order valence-electron chi connectivity index (χ0n) is 12.5. The van der Waals surface area contributed by atoms with Gasteiger partial charge in [-0.3, -0.25) is 9.67 Å². The molecule has 4 rings (SSSR count). The molecule has 1 saturated carbocycles. The largest absolute Gasteiger partial charge is 0.506 e. The van der Waals surface area contributed by atoms with Gasteiger partial charge in [0.05, 0.1) is 23.6 Å². The SMILES string of the molecule is Oc1ccc2ncc(-c3cnn(CC4CC(F)(F)C4)c3)nc2c1Cl. The van der Waals surface area contributed by atoms with Crippen LogP contribution in [0.3, 0.4) is 0 Å². The number of hydrogen-bond acceptors (Lipinski definition) is 4. The van der Waals surface area contributed by atoms with Gasteiger partial charge in [0.25, 0.3) is 0 Å². The summed E-state index contributed by atoms with van der Waals surface area (Å²) in [4.78, 5) is 8.71. The van der Waals surface area contributed by atoms with Crippen molar-refractivity contribution in [1.29, 1.82) is 0 Å². The number of aromatic nitrogens is 4. The highest BCUT2D eigenvalue weighted by molar-refractivity contribution is 6.36. The summed E-state index contributed by atoms with van der Waals surface area (Å²) in [6.45, 7) is 0.456. The van der Waals surface area contributed by atoms with Gasteiger partial charge in [-0.1, -0.05) is 11.6 Å². The highest BCUT2D eigenvalue weighted by Crippen LogP contribution is 2.43. The van der Waals surface area contributed by atoms with E-state index in [2.05, 4.69) is 15.1 Å². The summed E-state index contributed by atoms with van der Waals surface area (Å²) in [5.74, 6) is -2.64. The van der Waals surface area contributed by atoms with E-state index in [1.807, 2.05) is 0 Å². The van der Waals surface area contributed by atoms with Gasteiger partial charge in [-0.2, -0.15) is 5.10 Å². The normalized spacial score (nSPS) is 17.1. The number of phenolic OH excluding ortho intramolecular Hbond substituents is 1. The van der Waals surface area contributed by atoms with Crippen LogP contribution in [-0.2, 0) is 6.54 Å². The van der Waals surface area contributed by atoms with Crippen LogP contribution in [0.4, 0.5) is 8.78 Å². The monoisotopic (exact) mass is 350 g/mol. The molecular weight excluding hydrogens is 338 g/mol. The molecule has 2 heterocycles. The lowest BCUT2D eigenvalue weighted by Gasteiger charge is -2.34. The standard InChI is InChI=1S/C16H13ClF2N4O/c17-14-13(24)2-1-11-15(14)22-12(6-20-11)10-5-21-23(8-10)7-9-3-16(18,19)4-9/h1-2,5-6,8-9,24H,3-4,7H2. The van der Waals surface area contributed by atoms with Crippen molar-refractivity contribution in [1.82, 2.24) is 19.7 Å². The zero-order valence-corrected chi connectivity index (χ0v) is 13.2. The molecule has 1 fully saturated rings. The number of nitrogens with zero attached hydrogens (tertiary/aromatic N) is 4. The van der Waals surface area contributed by atoms with E-state index in [1.54, 1.807) is 29.3 Å². The van der Waals surface area contributed by atoms with Crippen LogP contribution in [0.15, 0.2) is 30.7 Å². The second-order valence-electron chi connectivity index (χ2n) is 6.10. The predicted octanol–water partition coefficient (Wildman–Crippen LogP) is 3.90. The number of phenols is 1. The van der Waals surface area contributed by atoms with Crippen molar-refractivity contribution < 1.29 is 13.9 Å². The Morgan fingerprint density at radius 3 is 2.83 bits per heavy atom. The first-order valence-corrected chi connectivity index (χ1v) is 7.84. The zero-order chi connectivity index (χ0) is 16.9. The third kappa shape index (κ3) is 2.69. The van der Waals surface area contributed by atoms with Crippen LogP contribution in [0.2, 0.25) is 5.02 Å². The van der Waals surface area contributed by atoms with Crippen molar-refractivity contribution in [2.75, 3.05) is 0 Å². The average Bonchev–Trinajstić information content (AvgIpc) is 2.97. The van der Waals surface area contributed by atoms with Crippen molar-refractivity contribution >= 4 is 22.6 Å². The summed E-state index contributed by atoms with van der Waals surface area (Å²) in [6.07, 6.45) is 4.78. The van der Waals surface area contributed by atoms with Gasteiger partial charge in [0, 0.05) is 31.1 Å². The van der Waals surface area contributed by atoms with Crippen molar-refractivity contribution in [2.45, 2.75) is 25.3 Å². The summed E-state index contributed by atoms with van der Waals surface area (Å²) >= 11 is 6.07. The molecule has 8 heteroatoms. The van der Waals surface area contributed by atoms with Crippen LogP contribution in [0, 0.1) is 5.92 Å². The lowest BCUT2D eigenvalue weighted by Crippen LogP contribution is -2.37. The maximum atomic E-state index is 12.9. The Morgan fingerprint density at radius 1 is 1.29 bits per heavy atom. The van der Waals surface area contributed by atoms with E-state index in [0.717, 1.165) is 5.56 Å². The fourth-order valence-electron chi connectivity index (χ4n) is 2.95. The molecule has 0 bridgehead atoms. The molecule has 5 nitrogen and oxygen atoms in total. The summed E-state index contributed by atoms with van der Waals surface area (Å²) in [6, 6.07) is 3.10. The highest BCUT2D eigenvalue weighted by atomic mass is 35.5. The number of halogens is 3. The van der Waals surface area contributed by atoms with Crippen LogP contribution >= 0.6 is 11.6 Å². The van der Waals surface area contributed by atoms with Crippen molar-refractivity contribution in [3.8, 4) is 17.0 Å². The molecule has 0 atom stereocenters. The summed E-state index contributed by atoms with van der Waals surface area (Å²) in [5, 5.41) is 14.0. The van der Waals surface area contributed by atoms with Crippen LogP contribution in [-0.4, -0.2) is 30.8 Å². The molecule has 0 unspecified atom stereocenters. The van der Waals surface area contributed by atoms with E-state index >= 15 is 0 Å². The Labute approximate surface area is 140 Å². The fraction of sp³-hybridized carbons (Fsp3) is 0.312. The first-order valence-electron chi connectivity index (χ1n) is 7.46. The molecule has 1 aromatic carbocycles. The third-order valence-corrected chi connectivity index (χ3v) is 4.55. The fourth-order valence-corrected chi connectivity index (χ4v) is 3.15.